The lowest BCUT2D eigenvalue weighted by atomic mass is 9.96. The van der Waals surface area contributed by atoms with Crippen molar-refractivity contribution in [3.8, 4) is 16.9 Å². The molecule has 7 heteroatoms. The number of hydrogen-bond donors (Lipinski definition) is 2. The Hall–Kier alpha value is -4.23. The Bertz CT molecular complexity index is 1400. The van der Waals surface area contributed by atoms with Gasteiger partial charge in [0.15, 0.2) is 0 Å². The van der Waals surface area contributed by atoms with Crippen molar-refractivity contribution in [2.24, 2.45) is 0 Å². The van der Waals surface area contributed by atoms with Crippen molar-refractivity contribution in [2.45, 2.75) is 6.54 Å². The van der Waals surface area contributed by atoms with Crippen LogP contribution in [0.4, 0.5) is 10.1 Å². The van der Waals surface area contributed by atoms with Gasteiger partial charge in [0.1, 0.15) is 12.4 Å². The number of rotatable bonds is 7. The highest BCUT2D eigenvalue weighted by atomic mass is 19.1. The van der Waals surface area contributed by atoms with Crippen molar-refractivity contribution in [3.05, 3.63) is 102 Å². The summed E-state index contributed by atoms with van der Waals surface area (Å²) in [5.74, 6) is 0.491. The number of pyridine rings is 1. The first kappa shape index (κ1) is 22.6. The number of para-hydroxylation sites is 1. The number of methoxy groups -OCH3 is 1. The van der Waals surface area contributed by atoms with Gasteiger partial charge in [-0.3, -0.25) is 14.8 Å². The van der Waals surface area contributed by atoms with Crippen LogP contribution in [0.3, 0.4) is 0 Å². The van der Waals surface area contributed by atoms with Gasteiger partial charge in [-0.05, 0) is 52.4 Å². The zero-order valence-electron chi connectivity index (χ0n) is 19.3. The van der Waals surface area contributed by atoms with Crippen LogP contribution >= 0.6 is 0 Å². The molecule has 1 aromatic heterocycles. The zero-order chi connectivity index (χ0) is 24.2. The second kappa shape index (κ2) is 9.95. The lowest BCUT2D eigenvalue weighted by Gasteiger charge is -2.20. The number of nitrogens with zero attached hydrogens (tertiary/aromatic N) is 2. The molecule has 4 aromatic rings. The fraction of sp³-hybridized carbons (Fsp3) is 0.143. The molecule has 0 saturated heterocycles. The SMILES string of the molecule is COc1cccc(-c2ccc(CNC(=O)C3=C(CF)N(c4ccccc4)NC3)c3cnccc23)c1. The highest BCUT2D eigenvalue weighted by molar-refractivity contribution is 5.99. The van der Waals surface area contributed by atoms with Crippen LogP contribution in [-0.2, 0) is 11.3 Å². The van der Waals surface area contributed by atoms with Crippen LogP contribution in [0, 0.1) is 0 Å². The highest BCUT2D eigenvalue weighted by Gasteiger charge is 2.27. The molecule has 0 fully saturated rings. The minimum atomic E-state index is -0.743. The molecular formula is C28H25FN4O2. The number of allylic oxidation sites excluding steroid dienone is 1. The summed E-state index contributed by atoms with van der Waals surface area (Å²) in [5, 5.41) is 6.58. The first-order valence-corrected chi connectivity index (χ1v) is 11.3. The Morgan fingerprint density at radius 3 is 2.74 bits per heavy atom. The third kappa shape index (κ3) is 4.46. The summed E-state index contributed by atoms with van der Waals surface area (Å²) in [5.41, 5.74) is 7.63. The van der Waals surface area contributed by atoms with E-state index in [0.717, 1.165) is 38.9 Å². The Labute approximate surface area is 203 Å². The second-order valence-corrected chi connectivity index (χ2v) is 8.17. The number of benzene rings is 3. The van der Waals surface area contributed by atoms with Gasteiger partial charge in [-0.15, -0.1) is 0 Å². The van der Waals surface area contributed by atoms with Gasteiger partial charge in [-0.1, -0.05) is 42.5 Å². The van der Waals surface area contributed by atoms with Gasteiger partial charge < -0.3 is 10.1 Å². The number of aromatic nitrogens is 1. The van der Waals surface area contributed by atoms with Gasteiger partial charge in [0.2, 0.25) is 0 Å². The normalized spacial score (nSPS) is 13.4. The summed E-state index contributed by atoms with van der Waals surface area (Å²) in [7, 11) is 1.65. The molecule has 0 saturated carbocycles. The zero-order valence-corrected chi connectivity index (χ0v) is 19.3. The molecule has 176 valence electrons. The summed E-state index contributed by atoms with van der Waals surface area (Å²) >= 11 is 0. The van der Waals surface area contributed by atoms with Crippen molar-refractivity contribution in [1.29, 1.82) is 0 Å². The maximum absolute atomic E-state index is 13.9. The smallest absolute Gasteiger partial charge is 0.250 e. The molecule has 6 nitrogen and oxygen atoms in total. The van der Waals surface area contributed by atoms with Crippen LogP contribution in [0.25, 0.3) is 21.9 Å². The Kier molecular flexibility index (Phi) is 6.41. The summed E-state index contributed by atoms with van der Waals surface area (Å²) in [6, 6.07) is 23.3. The van der Waals surface area contributed by atoms with E-state index >= 15 is 0 Å². The summed E-state index contributed by atoms with van der Waals surface area (Å²) in [4.78, 5) is 17.3. The average Bonchev–Trinajstić information content (AvgIpc) is 3.36. The third-order valence-corrected chi connectivity index (χ3v) is 6.18. The molecule has 3 aromatic carbocycles. The molecule has 5 rings (SSSR count). The van der Waals surface area contributed by atoms with Crippen molar-refractivity contribution < 1.29 is 13.9 Å². The van der Waals surface area contributed by atoms with Crippen LogP contribution in [0.1, 0.15) is 5.56 Å². The number of amides is 1. The largest absolute Gasteiger partial charge is 0.497 e. The number of halogens is 1. The lowest BCUT2D eigenvalue weighted by molar-refractivity contribution is -0.117. The molecule has 1 amide bonds. The van der Waals surface area contributed by atoms with Crippen LogP contribution in [0.15, 0.2) is 96.5 Å². The van der Waals surface area contributed by atoms with Gasteiger partial charge in [0.25, 0.3) is 5.91 Å². The molecule has 0 bridgehead atoms. The number of nitrogens with one attached hydrogen (secondary N) is 2. The monoisotopic (exact) mass is 468 g/mol. The van der Waals surface area contributed by atoms with E-state index in [9.17, 15) is 9.18 Å². The maximum atomic E-state index is 13.9. The van der Waals surface area contributed by atoms with E-state index in [2.05, 4.69) is 15.7 Å². The highest BCUT2D eigenvalue weighted by Crippen LogP contribution is 2.32. The summed E-state index contributed by atoms with van der Waals surface area (Å²) in [6.07, 6.45) is 3.57. The quantitative estimate of drug-likeness (QED) is 0.409. The van der Waals surface area contributed by atoms with Crippen molar-refractivity contribution in [1.82, 2.24) is 15.7 Å². The second-order valence-electron chi connectivity index (χ2n) is 8.17. The van der Waals surface area contributed by atoms with Crippen LogP contribution in [-0.4, -0.2) is 31.2 Å². The summed E-state index contributed by atoms with van der Waals surface area (Å²) in [6.45, 7) is -0.183. The fourth-order valence-corrected chi connectivity index (χ4v) is 4.39. The number of hydrazine groups is 1. The van der Waals surface area contributed by atoms with E-state index in [0.29, 0.717) is 17.8 Å². The Balaban J connectivity index is 1.40. The van der Waals surface area contributed by atoms with E-state index < -0.39 is 6.67 Å². The van der Waals surface area contributed by atoms with Gasteiger partial charge in [-0.2, -0.15) is 0 Å². The van der Waals surface area contributed by atoms with E-state index in [1.54, 1.807) is 24.5 Å². The topological polar surface area (TPSA) is 66.5 Å². The van der Waals surface area contributed by atoms with Crippen LogP contribution < -0.4 is 20.5 Å². The van der Waals surface area contributed by atoms with Crippen molar-refractivity contribution in [2.75, 3.05) is 25.3 Å². The first-order valence-electron chi connectivity index (χ1n) is 11.3. The molecule has 0 radical (unpaired) electrons. The Morgan fingerprint density at radius 1 is 1.09 bits per heavy atom. The molecule has 2 N–H and O–H groups in total. The molecule has 1 aliphatic heterocycles. The van der Waals surface area contributed by atoms with Gasteiger partial charge >= 0.3 is 0 Å². The predicted octanol–water partition coefficient (Wildman–Crippen LogP) is 4.78. The number of hydrogen-bond acceptors (Lipinski definition) is 5. The van der Waals surface area contributed by atoms with E-state index in [1.165, 1.54) is 0 Å². The minimum absolute atomic E-state index is 0.261. The molecule has 0 atom stereocenters. The van der Waals surface area contributed by atoms with Crippen LogP contribution in [0.2, 0.25) is 0 Å². The molecule has 0 aliphatic carbocycles. The van der Waals surface area contributed by atoms with E-state index in [-0.39, 0.29) is 12.5 Å². The fourth-order valence-electron chi connectivity index (χ4n) is 4.39. The van der Waals surface area contributed by atoms with Gasteiger partial charge in [0, 0.05) is 30.9 Å². The molecule has 35 heavy (non-hydrogen) atoms. The molecule has 1 aliphatic rings. The van der Waals surface area contributed by atoms with Gasteiger partial charge in [0.05, 0.1) is 24.1 Å². The number of carbonyl (C=O) groups excluding carboxylic acids is 1. The van der Waals surface area contributed by atoms with E-state index in [4.69, 9.17) is 4.74 Å². The molecular weight excluding hydrogens is 443 g/mol. The standard InChI is InChI=1S/C28H25FN4O2/c1-35-22-9-5-6-19(14-22)23-11-10-20(25-17-30-13-12-24(23)25)16-31-28(34)26-18-32-33(27(26)15-29)21-7-3-2-4-8-21/h2-14,17,32H,15-16,18H2,1H3,(H,31,34). The number of carbonyl (C=O) groups is 1. The predicted molar refractivity (Wildman–Crippen MR) is 136 cm³/mol. The molecule has 0 spiro atoms. The van der Waals surface area contributed by atoms with Crippen molar-refractivity contribution >= 4 is 22.4 Å². The number of ether oxygens (including phenoxy) is 1. The van der Waals surface area contributed by atoms with Gasteiger partial charge in [-0.25, -0.2) is 9.82 Å². The molecule has 2 heterocycles. The lowest BCUT2D eigenvalue weighted by Crippen LogP contribution is -2.32. The first-order chi connectivity index (χ1) is 17.2. The average molecular weight is 469 g/mol. The minimum Gasteiger partial charge on any atom is -0.497 e. The number of fused-ring (bicyclic) bond motifs is 1. The number of anilines is 1. The Morgan fingerprint density at radius 2 is 1.94 bits per heavy atom. The van der Waals surface area contributed by atoms with Crippen molar-refractivity contribution in [3.63, 3.8) is 0 Å². The third-order valence-electron chi connectivity index (χ3n) is 6.18. The summed E-state index contributed by atoms with van der Waals surface area (Å²) < 4.78 is 19.3. The number of alkyl halides is 1. The molecule has 0 unspecified atom stereocenters. The maximum Gasteiger partial charge on any atom is 0.250 e. The van der Waals surface area contributed by atoms with E-state index in [1.807, 2.05) is 72.8 Å². The van der Waals surface area contributed by atoms with Crippen LogP contribution in [0.5, 0.6) is 5.75 Å².